The van der Waals surface area contributed by atoms with Crippen LogP contribution in [0.25, 0.3) is 0 Å². The number of nitrogens with one attached hydrogen (secondary N) is 1. The van der Waals surface area contributed by atoms with Gasteiger partial charge in [0.15, 0.2) is 0 Å². The Bertz CT molecular complexity index is 222. The summed E-state index contributed by atoms with van der Waals surface area (Å²) in [5.41, 5.74) is 0. The Hall–Kier alpha value is 0.870. The molecule has 1 aliphatic carbocycles. The molecule has 0 radical (unpaired) electrons. The standard InChI is InChI=1S/C7H15NO3S.Na/c9-12(10,11)8-7-5-3-1-2-4-6-7;/h7-8H,1-6H2,(H,9,10,11);/q;+1. The van der Waals surface area contributed by atoms with Gasteiger partial charge >= 0.3 is 39.9 Å². The average molecular weight is 216 g/mol. The molecule has 0 aromatic heterocycles. The molecule has 0 aromatic rings. The van der Waals surface area contributed by atoms with E-state index in [0.29, 0.717) is 0 Å². The zero-order valence-electron chi connectivity index (χ0n) is 7.99. The van der Waals surface area contributed by atoms with Crippen molar-refractivity contribution in [1.29, 1.82) is 0 Å². The van der Waals surface area contributed by atoms with Gasteiger partial charge in [0.2, 0.25) is 0 Å². The van der Waals surface area contributed by atoms with E-state index in [1.807, 2.05) is 0 Å². The van der Waals surface area contributed by atoms with E-state index in [1.54, 1.807) is 0 Å². The maximum Gasteiger partial charge on any atom is 1.00 e. The van der Waals surface area contributed by atoms with Crippen LogP contribution in [-0.4, -0.2) is 19.0 Å². The van der Waals surface area contributed by atoms with Gasteiger partial charge in [-0.25, -0.2) is 0 Å². The Labute approximate surface area is 102 Å². The molecule has 6 heteroatoms. The summed E-state index contributed by atoms with van der Waals surface area (Å²) >= 11 is 0. The SMILES string of the molecule is O=S(=O)(O)NC1CCCCCC1.[Na+]. The zero-order chi connectivity index (χ0) is 9.03. The summed E-state index contributed by atoms with van der Waals surface area (Å²) in [4.78, 5) is 0. The van der Waals surface area contributed by atoms with Gasteiger partial charge in [-0.05, 0) is 12.8 Å². The minimum atomic E-state index is -3.99. The molecule has 1 aliphatic rings. The number of hydrogen-bond acceptors (Lipinski definition) is 2. The number of hydrogen-bond donors (Lipinski definition) is 2. The van der Waals surface area contributed by atoms with Crippen molar-refractivity contribution in [1.82, 2.24) is 4.72 Å². The summed E-state index contributed by atoms with van der Waals surface area (Å²) in [5.74, 6) is 0. The predicted octanol–water partition coefficient (Wildman–Crippen LogP) is -1.89. The number of rotatable bonds is 2. The first-order chi connectivity index (χ1) is 5.58. The second-order valence-corrected chi connectivity index (χ2v) is 4.47. The van der Waals surface area contributed by atoms with Gasteiger partial charge in [0.1, 0.15) is 0 Å². The summed E-state index contributed by atoms with van der Waals surface area (Å²) in [7, 11) is -3.99. The molecule has 0 aromatic carbocycles. The maximum atomic E-state index is 10.5. The van der Waals surface area contributed by atoms with E-state index in [1.165, 1.54) is 12.8 Å². The van der Waals surface area contributed by atoms with Crippen LogP contribution in [0.5, 0.6) is 0 Å². The topological polar surface area (TPSA) is 66.4 Å². The average Bonchev–Trinajstić information content (AvgIpc) is 2.12. The normalized spacial score (nSPS) is 20.4. The maximum absolute atomic E-state index is 10.5. The van der Waals surface area contributed by atoms with Crippen LogP contribution in [-0.2, 0) is 10.3 Å². The fraction of sp³-hybridized carbons (Fsp3) is 1.00. The van der Waals surface area contributed by atoms with Crippen molar-refractivity contribution < 1.29 is 42.5 Å². The summed E-state index contributed by atoms with van der Waals surface area (Å²) < 4.78 is 31.7. The Balaban J connectivity index is 0.00000144. The Morgan fingerprint density at radius 3 is 1.92 bits per heavy atom. The molecule has 0 aliphatic heterocycles. The largest absolute Gasteiger partial charge is 1.00 e. The first kappa shape index (κ1) is 13.9. The monoisotopic (exact) mass is 216 g/mol. The van der Waals surface area contributed by atoms with Gasteiger partial charge in [0, 0.05) is 6.04 Å². The second kappa shape index (κ2) is 6.37. The molecular weight excluding hydrogens is 201 g/mol. The van der Waals surface area contributed by atoms with Crippen LogP contribution in [0, 0.1) is 0 Å². The summed E-state index contributed by atoms with van der Waals surface area (Å²) in [6.07, 6.45) is 6.13. The smallest absolute Gasteiger partial charge is 0.273 e. The van der Waals surface area contributed by atoms with Crippen LogP contribution in [0.3, 0.4) is 0 Å². The second-order valence-electron chi connectivity index (χ2n) is 3.28. The Morgan fingerprint density at radius 2 is 1.54 bits per heavy atom. The molecular formula is C7H15NNaO3S+. The molecule has 1 saturated carbocycles. The van der Waals surface area contributed by atoms with E-state index in [4.69, 9.17) is 4.55 Å². The van der Waals surface area contributed by atoms with Gasteiger partial charge in [0.25, 0.3) is 0 Å². The molecule has 1 fully saturated rings. The third-order valence-corrected chi connectivity index (χ3v) is 2.80. The first-order valence-electron chi connectivity index (χ1n) is 4.33. The van der Waals surface area contributed by atoms with E-state index in [9.17, 15) is 8.42 Å². The summed E-state index contributed by atoms with van der Waals surface area (Å²) in [6, 6.07) is -0.0532. The van der Waals surface area contributed by atoms with Crippen molar-refractivity contribution in [3.8, 4) is 0 Å². The molecule has 1 rings (SSSR count). The fourth-order valence-corrected chi connectivity index (χ4v) is 2.26. The third kappa shape index (κ3) is 6.88. The molecule has 13 heavy (non-hydrogen) atoms. The van der Waals surface area contributed by atoms with Crippen LogP contribution in [0.15, 0.2) is 0 Å². The first-order valence-corrected chi connectivity index (χ1v) is 5.77. The molecule has 0 saturated heterocycles. The molecule has 0 spiro atoms. The van der Waals surface area contributed by atoms with Crippen LogP contribution >= 0.6 is 0 Å². The van der Waals surface area contributed by atoms with Crippen LogP contribution in [0.4, 0.5) is 0 Å². The van der Waals surface area contributed by atoms with Gasteiger partial charge < -0.3 is 0 Å². The quantitative estimate of drug-likeness (QED) is 0.322. The minimum Gasteiger partial charge on any atom is -0.273 e. The van der Waals surface area contributed by atoms with Crippen molar-refractivity contribution in [3.63, 3.8) is 0 Å². The van der Waals surface area contributed by atoms with Crippen LogP contribution in [0.2, 0.25) is 0 Å². The van der Waals surface area contributed by atoms with Crippen molar-refractivity contribution in [2.75, 3.05) is 0 Å². The molecule has 0 atom stereocenters. The van der Waals surface area contributed by atoms with E-state index in [2.05, 4.69) is 4.72 Å². The zero-order valence-corrected chi connectivity index (χ0v) is 10.8. The third-order valence-electron chi connectivity index (χ3n) is 2.17. The minimum absolute atomic E-state index is 0. The van der Waals surface area contributed by atoms with Gasteiger partial charge in [-0.15, -0.1) is 0 Å². The molecule has 0 unspecified atom stereocenters. The van der Waals surface area contributed by atoms with Crippen LogP contribution in [0.1, 0.15) is 38.5 Å². The Morgan fingerprint density at radius 1 is 1.08 bits per heavy atom. The molecule has 0 bridgehead atoms. The van der Waals surface area contributed by atoms with Crippen molar-refractivity contribution in [2.45, 2.75) is 44.6 Å². The van der Waals surface area contributed by atoms with Crippen LogP contribution < -0.4 is 34.3 Å². The molecule has 4 nitrogen and oxygen atoms in total. The van der Waals surface area contributed by atoms with Gasteiger partial charge in [-0.2, -0.15) is 13.1 Å². The van der Waals surface area contributed by atoms with E-state index >= 15 is 0 Å². The molecule has 0 amide bonds. The van der Waals surface area contributed by atoms with Gasteiger partial charge in [-0.3, -0.25) is 4.55 Å². The van der Waals surface area contributed by atoms with Gasteiger partial charge in [-0.1, -0.05) is 25.7 Å². The fourth-order valence-electron chi connectivity index (χ4n) is 1.61. The molecule has 72 valence electrons. The van der Waals surface area contributed by atoms with Crippen molar-refractivity contribution in [2.24, 2.45) is 0 Å². The van der Waals surface area contributed by atoms with Crippen molar-refractivity contribution >= 4 is 10.3 Å². The van der Waals surface area contributed by atoms with Crippen molar-refractivity contribution in [3.05, 3.63) is 0 Å². The van der Waals surface area contributed by atoms with E-state index in [-0.39, 0.29) is 35.6 Å². The molecule has 2 N–H and O–H groups in total. The molecule has 0 heterocycles. The van der Waals surface area contributed by atoms with E-state index < -0.39 is 10.3 Å². The van der Waals surface area contributed by atoms with Gasteiger partial charge in [0.05, 0.1) is 0 Å². The predicted molar refractivity (Wildman–Crippen MR) is 46.2 cm³/mol. The summed E-state index contributed by atoms with van der Waals surface area (Å²) in [6.45, 7) is 0. The Kier molecular flexibility index (Phi) is 6.80. The summed E-state index contributed by atoms with van der Waals surface area (Å²) in [5, 5.41) is 0. The van der Waals surface area contributed by atoms with E-state index in [0.717, 1.165) is 25.7 Å².